The zero-order valence-corrected chi connectivity index (χ0v) is 12.0. The number of ether oxygens (including phenoxy) is 1. The largest absolute Gasteiger partial charge is 0.486 e. The van der Waals surface area contributed by atoms with Gasteiger partial charge in [0.2, 0.25) is 5.91 Å². The van der Waals surface area contributed by atoms with E-state index in [0.717, 1.165) is 0 Å². The van der Waals surface area contributed by atoms with Crippen LogP contribution in [0.5, 0.6) is 5.75 Å². The molecule has 2 rings (SSSR count). The summed E-state index contributed by atoms with van der Waals surface area (Å²) in [5.74, 6) is -1.25. The number of fused-ring (bicyclic) bond motifs is 1. The van der Waals surface area contributed by atoms with Gasteiger partial charge < -0.3 is 20.1 Å². The van der Waals surface area contributed by atoms with Gasteiger partial charge in [0, 0.05) is 13.1 Å². The third kappa shape index (κ3) is 2.97. The van der Waals surface area contributed by atoms with Gasteiger partial charge >= 0.3 is 0 Å². The summed E-state index contributed by atoms with van der Waals surface area (Å²) in [5.41, 5.74) is 0.292. The molecule has 0 aliphatic carbocycles. The second-order valence-corrected chi connectivity index (χ2v) is 4.99. The molecule has 0 saturated carbocycles. The molecule has 3 atom stereocenters. The molecule has 2 N–H and O–H groups in total. The van der Waals surface area contributed by atoms with E-state index in [9.17, 15) is 19.1 Å². The number of nitrogens with zero attached hydrogens (tertiary/aromatic N) is 1. The van der Waals surface area contributed by atoms with E-state index in [1.165, 1.54) is 37.1 Å². The number of hydrogen-bond acceptors (Lipinski definition) is 4. The number of carbonyl (C=O) groups excluding carboxylic acids is 2. The first-order chi connectivity index (χ1) is 9.81. The SMILES string of the molecule is C[C@H](O)C(=O)N[C@@H]1C(=O)N(C)c2cc(F)ccc2O[C@@H]1C. The number of aliphatic hydroxyl groups is 1. The van der Waals surface area contributed by atoms with E-state index >= 15 is 0 Å². The predicted molar refractivity (Wildman–Crippen MR) is 73.5 cm³/mol. The smallest absolute Gasteiger partial charge is 0.253 e. The van der Waals surface area contributed by atoms with Gasteiger partial charge in [-0.2, -0.15) is 0 Å². The van der Waals surface area contributed by atoms with Crippen molar-refractivity contribution >= 4 is 17.5 Å². The molecule has 1 aliphatic heterocycles. The standard InChI is InChI=1S/C14H17FN2O4/c1-7(18)13(19)16-12-8(2)21-11-5-4-9(15)6-10(11)17(3)14(12)20/h4-8,12,18H,1-3H3,(H,16,19)/t7-,8+,12-/m0/s1. The van der Waals surface area contributed by atoms with E-state index in [4.69, 9.17) is 4.74 Å². The Morgan fingerprint density at radius 1 is 1.52 bits per heavy atom. The van der Waals surface area contributed by atoms with Gasteiger partial charge in [0.15, 0.2) is 0 Å². The molecule has 1 aromatic carbocycles. The molecule has 0 aromatic heterocycles. The predicted octanol–water partition coefficient (Wildman–Crippen LogP) is 0.435. The topological polar surface area (TPSA) is 78.9 Å². The molecule has 0 saturated heterocycles. The van der Waals surface area contributed by atoms with Gasteiger partial charge in [0.25, 0.3) is 5.91 Å². The fourth-order valence-electron chi connectivity index (χ4n) is 2.10. The quantitative estimate of drug-likeness (QED) is 0.830. The third-order valence-electron chi connectivity index (χ3n) is 3.34. The minimum atomic E-state index is -1.24. The monoisotopic (exact) mass is 296 g/mol. The number of halogens is 1. The fraction of sp³-hybridized carbons (Fsp3) is 0.429. The number of hydrogen-bond donors (Lipinski definition) is 2. The minimum Gasteiger partial charge on any atom is -0.486 e. The van der Waals surface area contributed by atoms with Crippen LogP contribution in [0.1, 0.15) is 13.8 Å². The number of carbonyl (C=O) groups is 2. The van der Waals surface area contributed by atoms with Crippen LogP contribution in [0, 0.1) is 5.82 Å². The molecule has 1 aliphatic rings. The molecule has 1 heterocycles. The summed E-state index contributed by atoms with van der Waals surface area (Å²) in [4.78, 5) is 25.2. The second-order valence-electron chi connectivity index (χ2n) is 4.99. The molecule has 1 aromatic rings. The lowest BCUT2D eigenvalue weighted by Gasteiger charge is -2.24. The maximum Gasteiger partial charge on any atom is 0.253 e. The van der Waals surface area contributed by atoms with Gasteiger partial charge in [-0.3, -0.25) is 9.59 Å². The summed E-state index contributed by atoms with van der Waals surface area (Å²) in [6.45, 7) is 2.92. The normalized spacial score (nSPS) is 22.9. The van der Waals surface area contributed by atoms with Crippen molar-refractivity contribution in [2.24, 2.45) is 0 Å². The van der Waals surface area contributed by atoms with Crippen molar-refractivity contribution in [3.05, 3.63) is 24.0 Å². The van der Waals surface area contributed by atoms with E-state index in [1.54, 1.807) is 6.92 Å². The first-order valence-electron chi connectivity index (χ1n) is 6.53. The number of anilines is 1. The number of amides is 2. The Bertz CT molecular complexity index is 576. The molecular formula is C14H17FN2O4. The van der Waals surface area contributed by atoms with Crippen LogP contribution in [-0.4, -0.2) is 42.2 Å². The van der Waals surface area contributed by atoms with Crippen molar-refractivity contribution in [1.82, 2.24) is 5.32 Å². The zero-order valence-electron chi connectivity index (χ0n) is 12.0. The van der Waals surface area contributed by atoms with E-state index in [0.29, 0.717) is 11.4 Å². The van der Waals surface area contributed by atoms with Crippen molar-refractivity contribution in [2.45, 2.75) is 32.1 Å². The number of benzene rings is 1. The highest BCUT2D eigenvalue weighted by Gasteiger charge is 2.36. The van der Waals surface area contributed by atoms with Gasteiger partial charge in [-0.1, -0.05) is 0 Å². The van der Waals surface area contributed by atoms with Crippen molar-refractivity contribution in [1.29, 1.82) is 0 Å². The Morgan fingerprint density at radius 3 is 2.81 bits per heavy atom. The minimum absolute atomic E-state index is 0.292. The van der Waals surface area contributed by atoms with E-state index in [2.05, 4.69) is 5.32 Å². The molecule has 114 valence electrons. The zero-order chi connectivity index (χ0) is 15.7. The van der Waals surface area contributed by atoms with Crippen LogP contribution < -0.4 is 15.0 Å². The van der Waals surface area contributed by atoms with Crippen LogP contribution in [0.2, 0.25) is 0 Å². The first kappa shape index (κ1) is 15.2. The van der Waals surface area contributed by atoms with Crippen LogP contribution in [-0.2, 0) is 9.59 Å². The molecular weight excluding hydrogens is 279 g/mol. The number of rotatable bonds is 2. The fourth-order valence-corrected chi connectivity index (χ4v) is 2.10. The molecule has 21 heavy (non-hydrogen) atoms. The second kappa shape index (κ2) is 5.69. The highest BCUT2D eigenvalue weighted by atomic mass is 19.1. The highest BCUT2D eigenvalue weighted by molar-refractivity contribution is 6.01. The Morgan fingerprint density at radius 2 is 2.19 bits per heavy atom. The van der Waals surface area contributed by atoms with Crippen LogP contribution in [0.4, 0.5) is 10.1 Å². The Hall–Kier alpha value is -2.15. The summed E-state index contributed by atoms with van der Waals surface area (Å²) in [6, 6.07) is 2.90. The lowest BCUT2D eigenvalue weighted by molar-refractivity contribution is -0.133. The molecule has 0 fully saturated rings. The number of nitrogens with one attached hydrogen (secondary N) is 1. The summed E-state index contributed by atoms with van der Waals surface area (Å²) in [7, 11) is 1.48. The molecule has 2 amide bonds. The maximum atomic E-state index is 13.3. The summed E-state index contributed by atoms with van der Waals surface area (Å²) in [5, 5.41) is 11.7. The van der Waals surface area contributed by atoms with Crippen molar-refractivity contribution < 1.29 is 23.8 Å². The number of likely N-dealkylation sites (N-methyl/N-ethyl adjacent to an activating group) is 1. The van der Waals surface area contributed by atoms with Crippen molar-refractivity contribution in [2.75, 3.05) is 11.9 Å². The Labute approximate surface area is 121 Å². The molecule has 6 nitrogen and oxygen atoms in total. The molecule has 0 unspecified atom stereocenters. The van der Waals surface area contributed by atoms with E-state index in [-0.39, 0.29) is 0 Å². The van der Waals surface area contributed by atoms with Crippen LogP contribution >= 0.6 is 0 Å². The summed E-state index contributed by atoms with van der Waals surface area (Å²) in [6.07, 6.45) is -1.90. The average molecular weight is 296 g/mol. The van der Waals surface area contributed by atoms with Crippen LogP contribution in [0.3, 0.4) is 0 Å². The van der Waals surface area contributed by atoms with E-state index < -0.39 is 35.9 Å². The number of aliphatic hydroxyl groups excluding tert-OH is 1. The average Bonchev–Trinajstić information content (AvgIpc) is 2.51. The third-order valence-corrected chi connectivity index (χ3v) is 3.34. The maximum absolute atomic E-state index is 13.3. The lowest BCUT2D eigenvalue weighted by Crippen LogP contribution is -2.54. The van der Waals surface area contributed by atoms with E-state index in [1.807, 2.05) is 0 Å². The van der Waals surface area contributed by atoms with Gasteiger partial charge in [-0.25, -0.2) is 4.39 Å². The van der Waals surface area contributed by atoms with Gasteiger partial charge in [-0.15, -0.1) is 0 Å². The van der Waals surface area contributed by atoms with Gasteiger partial charge in [0.05, 0.1) is 5.69 Å². The molecule has 0 spiro atoms. The van der Waals surface area contributed by atoms with Crippen LogP contribution in [0.25, 0.3) is 0 Å². The Balaban J connectivity index is 2.33. The summed E-state index contributed by atoms with van der Waals surface area (Å²) >= 11 is 0. The molecule has 7 heteroatoms. The summed E-state index contributed by atoms with van der Waals surface area (Å²) < 4.78 is 19.0. The first-order valence-corrected chi connectivity index (χ1v) is 6.53. The van der Waals surface area contributed by atoms with Crippen molar-refractivity contribution in [3.63, 3.8) is 0 Å². The van der Waals surface area contributed by atoms with Crippen molar-refractivity contribution in [3.8, 4) is 5.75 Å². The van der Waals surface area contributed by atoms with Gasteiger partial charge in [0.1, 0.15) is 29.8 Å². The molecule has 0 radical (unpaired) electrons. The highest BCUT2D eigenvalue weighted by Crippen LogP contribution is 2.32. The molecule has 0 bridgehead atoms. The van der Waals surface area contributed by atoms with Crippen LogP contribution in [0.15, 0.2) is 18.2 Å². The lowest BCUT2D eigenvalue weighted by atomic mass is 10.1. The van der Waals surface area contributed by atoms with Gasteiger partial charge in [-0.05, 0) is 26.0 Å². The Kier molecular flexibility index (Phi) is 4.13.